The Bertz CT molecular complexity index is 489. The lowest BCUT2D eigenvalue weighted by atomic mass is 9.94. The smallest absolute Gasteiger partial charge is 0.253 e. The molecule has 0 aromatic heterocycles. The Labute approximate surface area is 127 Å². The first-order valence-corrected chi connectivity index (χ1v) is 8.04. The SMILES string of the molecule is O=C(c1ccccc1)N1CCN(C[C@@H]2CC=CCC2)CC1. The summed E-state index contributed by atoms with van der Waals surface area (Å²) in [5, 5.41) is 0. The van der Waals surface area contributed by atoms with Crippen LogP contribution in [0, 0.1) is 5.92 Å². The van der Waals surface area contributed by atoms with Gasteiger partial charge in [-0.15, -0.1) is 0 Å². The zero-order valence-electron chi connectivity index (χ0n) is 12.6. The van der Waals surface area contributed by atoms with Gasteiger partial charge >= 0.3 is 0 Å². The summed E-state index contributed by atoms with van der Waals surface area (Å²) in [7, 11) is 0. The predicted molar refractivity (Wildman–Crippen MR) is 85.3 cm³/mol. The Morgan fingerprint density at radius 3 is 2.48 bits per heavy atom. The Kier molecular flexibility index (Phi) is 4.71. The van der Waals surface area contributed by atoms with Crippen molar-refractivity contribution in [3.63, 3.8) is 0 Å². The van der Waals surface area contributed by atoms with E-state index in [0.29, 0.717) is 0 Å². The van der Waals surface area contributed by atoms with Gasteiger partial charge in [-0.25, -0.2) is 0 Å². The standard InChI is InChI=1S/C18H24N2O/c21-18(17-9-5-2-6-10-17)20-13-11-19(12-14-20)15-16-7-3-1-4-8-16/h1-3,5-6,9-10,16H,4,7-8,11-15H2/t16-/m1/s1. The molecule has 1 amide bonds. The number of amides is 1. The van der Waals surface area contributed by atoms with Gasteiger partial charge in [0, 0.05) is 38.3 Å². The van der Waals surface area contributed by atoms with E-state index >= 15 is 0 Å². The highest BCUT2D eigenvalue weighted by molar-refractivity contribution is 5.94. The first kappa shape index (κ1) is 14.3. The third kappa shape index (κ3) is 3.73. The molecule has 112 valence electrons. The molecule has 0 bridgehead atoms. The fourth-order valence-corrected chi connectivity index (χ4v) is 3.28. The van der Waals surface area contributed by atoms with Gasteiger partial charge in [0.25, 0.3) is 5.91 Å². The number of hydrogen-bond acceptors (Lipinski definition) is 2. The summed E-state index contributed by atoms with van der Waals surface area (Å²) in [5.74, 6) is 0.988. The molecule has 3 nitrogen and oxygen atoms in total. The number of piperazine rings is 1. The second-order valence-corrected chi connectivity index (χ2v) is 6.11. The Morgan fingerprint density at radius 1 is 1.05 bits per heavy atom. The quantitative estimate of drug-likeness (QED) is 0.797. The molecule has 0 radical (unpaired) electrons. The van der Waals surface area contributed by atoms with Crippen LogP contribution < -0.4 is 0 Å². The lowest BCUT2D eigenvalue weighted by Gasteiger charge is -2.36. The van der Waals surface area contributed by atoms with Crippen LogP contribution in [-0.4, -0.2) is 48.4 Å². The number of benzene rings is 1. The molecular formula is C18H24N2O. The highest BCUT2D eigenvalue weighted by atomic mass is 16.2. The Hall–Kier alpha value is -1.61. The van der Waals surface area contributed by atoms with E-state index in [0.717, 1.165) is 37.7 Å². The summed E-state index contributed by atoms with van der Waals surface area (Å²) in [6, 6.07) is 9.62. The summed E-state index contributed by atoms with van der Waals surface area (Å²) in [6.07, 6.45) is 8.40. The van der Waals surface area contributed by atoms with Crippen molar-refractivity contribution in [2.45, 2.75) is 19.3 Å². The van der Waals surface area contributed by atoms with Crippen LogP contribution in [0.5, 0.6) is 0 Å². The normalized spacial score (nSPS) is 23.2. The molecular weight excluding hydrogens is 260 g/mol. The molecule has 1 saturated heterocycles. The van der Waals surface area contributed by atoms with Crippen molar-refractivity contribution >= 4 is 5.91 Å². The van der Waals surface area contributed by atoms with Crippen LogP contribution in [0.15, 0.2) is 42.5 Å². The minimum absolute atomic E-state index is 0.177. The number of carbonyl (C=O) groups is 1. The maximum absolute atomic E-state index is 12.4. The van der Waals surface area contributed by atoms with Gasteiger partial charge in [-0.1, -0.05) is 30.4 Å². The van der Waals surface area contributed by atoms with Crippen LogP contribution in [0.1, 0.15) is 29.6 Å². The van der Waals surface area contributed by atoms with Crippen LogP contribution in [0.2, 0.25) is 0 Å². The average Bonchev–Trinajstić information content (AvgIpc) is 2.57. The van der Waals surface area contributed by atoms with Crippen LogP contribution in [0.3, 0.4) is 0 Å². The first-order valence-electron chi connectivity index (χ1n) is 8.04. The van der Waals surface area contributed by atoms with Gasteiger partial charge in [0.05, 0.1) is 0 Å². The lowest BCUT2D eigenvalue weighted by molar-refractivity contribution is 0.0614. The van der Waals surface area contributed by atoms with Crippen molar-refractivity contribution in [3.8, 4) is 0 Å². The molecule has 0 N–H and O–H groups in total. The summed E-state index contributed by atoms with van der Waals surface area (Å²) < 4.78 is 0. The molecule has 1 aliphatic carbocycles. The molecule has 3 heteroatoms. The first-order chi connectivity index (χ1) is 10.3. The predicted octanol–water partition coefficient (Wildman–Crippen LogP) is 2.80. The van der Waals surface area contributed by atoms with Crippen LogP contribution >= 0.6 is 0 Å². The van der Waals surface area contributed by atoms with E-state index < -0.39 is 0 Å². The van der Waals surface area contributed by atoms with Gasteiger partial charge < -0.3 is 4.90 Å². The van der Waals surface area contributed by atoms with Gasteiger partial charge in [-0.2, -0.15) is 0 Å². The van der Waals surface area contributed by atoms with Gasteiger partial charge in [-0.05, 0) is 37.3 Å². The molecule has 0 unspecified atom stereocenters. The highest BCUT2D eigenvalue weighted by Crippen LogP contribution is 2.20. The lowest BCUT2D eigenvalue weighted by Crippen LogP contribution is -2.49. The minimum atomic E-state index is 0.177. The maximum atomic E-state index is 12.4. The molecule has 2 aliphatic rings. The summed E-state index contributed by atoms with van der Waals surface area (Å²) in [5.41, 5.74) is 0.809. The number of allylic oxidation sites excluding steroid dienone is 2. The summed E-state index contributed by atoms with van der Waals surface area (Å²) in [6.45, 7) is 4.93. The monoisotopic (exact) mass is 284 g/mol. The number of nitrogens with zero attached hydrogens (tertiary/aromatic N) is 2. The van der Waals surface area contributed by atoms with Crippen molar-refractivity contribution in [2.75, 3.05) is 32.7 Å². The molecule has 0 saturated carbocycles. The van der Waals surface area contributed by atoms with Crippen molar-refractivity contribution < 1.29 is 4.79 Å². The van der Waals surface area contributed by atoms with E-state index in [-0.39, 0.29) is 5.91 Å². The molecule has 3 rings (SSSR count). The van der Waals surface area contributed by atoms with E-state index in [1.807, 2.05) is 35.2 Å². The van der Waals surface area contributed by atoms with E-state index in [9.17, 15) is 4.79 Å². The van der Waals surface area contributed by atoms with E-state index in [2.05, 4.69) is 17.1 Å². The number of rotatable bonds is 3. The maximum Gasteiger partial charge on any atom is 0.253 e. The van der Waals surface area contributed by atoms with Gasteiger partial charge in [0.2, 0.25) is 0 Å². The second kappa shape index (κ2) is 6.90. The zero-order chi connectivity index (χ0) is 14.5. The Balaban J connectivity index is 1.48. The van der Waals surface area contributed by atoms with Crippen LogP contribution in [0.4, 0.5) is 0 Å². The van der Waals surface area contributed by atoms with E-state index in [1.54, 1.807) is 0 Å². The molecule has 1 heterocycles. The van der Waals surface area contributed by atoms with Crippen molar-refractivity contribution in [2.24, 2.45) is 5.92 Å². The van der Waals surface area contributed by atoms with Gasteiger partial charge in [0.1, 0.15) is 0 Å². The highest BCUT2D eigenvalue weighted by Gasteiger charge is 2.23. The number of hydrogen-bond donors (Lipinski definition) is 0. The molecule has 1 aliphatic heterocycles. The van der Waals surface area contributed by atoms with E-state index in [4.69, 9.17) is 0 Å². The van der Waals surface area contributed by atoms with Crippen LogP contribution in [0.25, 0.3) is 0 Å². The topological polar surface area (TPSA) is 23.6 Å². The molecule has 21 heavy (non-hydrogen) atoms. The summed E-state index contributed by atoms with van der Waals surface area (Å²) >= 11 is 0. The van der Waals surface area contributed by atoms with Crippen molar-refractivity contribution in [1.82, 2.24) is 9.80 Å². The van der Waals surface area contributed by atoms with Crippen LogP contribution in [-0.2, 0) is 0 Å². The second-order valence-electron chi connectivity index (χ2n) is 6.11. The largest absolute Gasteiger partial charge is 0.336 e. The molecule has 1 aromatic carbocycles. The van der Waals surface area contributed by atoms with Crippen molar-refractivity contribution in [1.29, 1.82) is 0 Å². The fraction of sp³-hybridized carbons (Fsp3) is 0.500. The molecule has 1 atom stereocenters. The third-order valence-electron chi connectivity index (χ3n) is 4.57. The third-order valence-corrected chi connectivity index (χ3v) is 4.57. The number of carbonyl (C=O) groups excluding carboxylic acids is 1. The molecule has 1 aromatic rings. The molecule has 0 spiro atoms. The van der Waals surface area contributed by atoms with E-state index in [1.165, 1.54) is 25.8 Å². The minimum Gasteiger partial charge on any atom is -0.336 e. The van der Waals surface area contributed by atoms with Crippen molar-refractivity contribution in [3.05, 3.63) is 48.0 Å². The Morgan fingerprint density at radius 2 is 1.81 bits per heavy atom. The van der Waals surface area contributed by atoms with Gasteiger partial charge in [0.15, 0.2) is 0 Å². The van der Waals surface area contributed by atoms with Gasteiger partial charge in [-0.3, -0.25) is 9.69 Å². The average molecular weight is 284 g/mol. The fourth-order valence-electron chi connectivity index (χ4n) is 3.28. The summed E-state index contributed by atoms with van der Waals surface area (Å²) in [4.78, 5) is 16.9. The molecule has 1 fully saturated rings. The zero-order valence-corrected chi connectivity index (χ0v) is 12.6.